The Kier molecular flexibility index (Phi) is 9.93. The van der Waals surface area contributed by atoms with Crippen LogP contribution in [-0.2, 0) is 16.0 Å². The molecule has 7 heteroatoms. The van der Waals surface area contributed by atoms with Gasteiger partial charge in [0.05, 0.1) is 18.4 Å². The number of hydrogen-bond donors (Lipinski definition) is 4. The van der Waals surface area contributed by atoms with Gasteiger partial charge in [-0.25, -0.2) is 4.79 Å². The van der Waals surface area contributed by atoms with E-state index in [2.05, 4.69) is 22.9 Å². The summed E-state index contributed by atoms with van der Waals surface area (Å²) < 4.78 is 0. The number of urea groups is 1. The summed E-state index contributed by atoms with van der Waals surface area (Å²) in [6, 6.07) is 8.99. The first kappa shape index (κ1) is 22.5. The molecule has 7 nitrogen and oxygen atoms in total. The van der Waals surface area contributed by atoms with Gasteiger partial charge in [0.25, 0.3) is 0 Å². The highest BCUT2D eigenvalue weighted by Crippen LogP contribution is 2.09. The number of benzene rings is 1. The summed E-state index contributed by atoms with van der Waals surface area (Å²) in [6.07, 6.45) is 4.40. The molecule has 150 valence electrons. The van der Waals surface area contributed by atoms with Crippen molar-refractivity contribution in [1.29, 1.82) is 0 Å². The molecule has 0 unspecified atom stereocenters. The van der Waals surface area contributed by atoms with Crippen molar-refractivity contribution in [3.8, 4) is 0 Å². The lowest BCUT2D eigenvalue weighted by Crippen LogP contribution is -2.57. The van der Waals surface area contributed by atoms with E-state index in [1.165, 1.54) is 0 Å². The molecule has 0 aliphatic heterocycles. The van der Waals surface area contributed by atoms with Gasteiger partial charge in [0.1, 0.15) is 0 Å². The van der Waals surface area contributed by atoms with Crippen LogP contribution < -0.4 is 21.7 Å². The quantitative estimate of drug-likeness (QED) is 0.418. The van der Waals surface area contributed by atoms with Crippen molar-refractivity contribution in [2.24, 2.45) is 5.73 Å². The van der Waals surface area contributed by atoms with E-state index in [9.17, 15) is 14.4 Å². The van der Waals surface area contributed by atoms with Crippen molar-refractivity contribution in [2.45, 2.75) is 57.9 Å². The second-order valence-corrected chi connectivity index (χ2v) is 7.08. The minimum atomic E-state index is -0.953. The molecule has 1 atom stereocenters. The van der Waals surface area contributed by atoms with Gasteiger partial charge in [0, 0.05) is 13.1 Å². The van der Waals surface area contributed by atoms with Crippen LogP contribution in [0.1, 0.15) is 51.5 Å². The smallest absolute Gasteiger partial charge is 0.315 e. The van der Waals surface area contributed by atoms with Gasteiger partial charge in [0.2, 0.25) is 11.8 Å². The Morgan fingerprint density at radius 1 is 1.04 bits per heavy atom. The molecule has 0 aromatic heterocycles. The molecular weight excluding hydrogens is 344 g/mol. The average molecular weight is 377 g/mol. The molecule has 27 heavy (non-hydrogen) atoms. The molecule has 1 aromatic carbocycles. The van der Waals surface area contributed by atoms with Gasteiger partial charge >= 0.3 is 6.03 Å². The van der Waals surface area contributed by atoms with Gasteiger partial charge in [-0.15, -0.1) is 0 Å². The van der Waals surface area contributed by atoms with Gasteiger partial charge in [0.15, 0.2) is 0 Å². The van der Waals surface area contributed by atoms with Crippen LogP contribution in [0, 0.1) is 0 Å². The van der Waals surface area contributed by atoms with Crippen LogP contribution in [0.3, 0.4) is 0 Å². The first-order chi connectivity index (χ1) is 12.8. The summed E-state index contributed by atoms with van der Waals surface area (Å²) >= 11 is 0. The minimum absolute atomic E-state index is 0.0676. The van der Waals surface area contributed by atoms with Gasteiger partial charge in [-0.3, -0.25) is 9.59 Å². The first-order valence-electron chi connectivity index (χ1n) is 9.49. The maximum absolute atomic E-state index is 12.1. The van der Waals surface area contributed by atoms with E-state index >= 15 is 0 Å². The Hall–Kier alpha value is -2.57. The lowest BCUT2D eigenvalue weighted by Gasteiger charge is -2.30. The average Bonchev–Trinajstić information content (AvgIpc) is 2.60. The molecule has 0 radical (unpaired) electrons. The standard InChI is InChI=1S/C20H32N4O3/c1-3-4-5-9-12-22-19(27)24-20(2,14-17(21)25)15-23-18(26)13-16-10-7-6-8-11-16/h6-8,10-11H,3-5,9,12-15H2,1-2H3,(H2,21,25)(H,23,26)(H2,22,24,27)/t20-/m1/s1. The van der Waals surface area contributed by atoms with Crippen LogP contribution in [0.4, 0.5) is 4.79 Å². The number of rotatable bonds is 12. The van der Waals surface area contributed by atoms with Gasteiger partial charge in [-0.2, -0.15) is 0 Å². The van der Waals surface area contributed by atoms with E-state index in [4.69, 9.17) is 5.73 Å². The largest absolute Gasteiger partial charge is 0.370 e. The van der Waals surface area contributed by atoms with Crippen molar-refractivity contribution in [1.82, 2.24) is 16.0 Å². The molecule has 0 saturated heterocycles. The zero-order chi connectivity index (χ0) is 20.1. The van der Waals surface area contributed by atoms with Crippen LogP contribution >= 0.6 is 0 Å². The molecule has 0 bridgehead atoms. The summed E-state index contributed by atoms with van der Waals surface area (Å²) in [5.74, 6) is -0.725. The van der Waals surface area contributed by atoms with Crippen LogP contribution in [0.25, 0.3) is 0 Å². The first-order valence-corrected chi connectivity index (χ1v) is 9.49. The third-order valence-electron chi connectivity index (χ3n) is 4.18. The molecule has 0 fully saturated rings. The van der Waals surface area contributed by atoms with Crippen molar-refractivity contribution < 1.29 is 14.4 Å². The molecule has 0 spiro atoms. The van der Waals surface area contributed by atoms with E-state index in [0.717, 1.165) is 31.2 Å². The molecule has 1 rings (SSSR count). The minimum Gasteiger partial charge on any atom is -0.370 e. The topological polar surface area (TPSA) is 113 Å². The summed E-state index contributed by atoms with van der Waals surface area (Å²) in [4.78, 5) is 35.7. The van der Waals surface area contributed by atoms with E-state index in [1.54, 1.807) is 6.92 Å². The Balaban J connectivity index is 2.50. The Labute approximate surface area is 161 Å². The van der Waals surface area contributed by atoms with Crippen molar-refractivity contribution in [2.75, 3.05) is 13.1 Å². The zero-order valence-electron chi connectivity index (χ0n) is 16.3. The third-order valence-corrected chi connectivity index (χ3v) is 4.18. The lowest BCUT2D eigenvalue weighted by atomic mass is 9.97. The Morgan fingerprint density at radius 2 is 1.74 bits per heavy atom. The SMILES string of the molecule is CCCCCCNC(=O)N[C@@](C)(CNC(=O)Cc1ccccc1)CC(N)=O. The zero-order valence-corrected chi connectivity index (χ0v) is 16.3. The monoisotopic (exact) mass is 376 g/mol. The Bertz CT molecular complexity index is 607. The van der Waals surface area contributed by atoms with Crippen LogP contribution in [0.15, 0.2) is 30.3 Å². The molecule has 5 N–H and O–H groups in total. The number of nitrogens with two attached hydrogens (primary N) is 1. The van der Waals surface area contributed by atoms with E-state index in [0.29, 0.717) is 6.54 Å². The highest BCUT2D eigenvalue weighted by Gasteiger charge is 2.29. The van der Waals surface area contributed by atoms with Crippen molar-refractivity contribution in [3.63, 3.8) is 0 Å². The normalized spacial score (nSPS) is 12.7. The van der Waals surface area contributed by atoms with Crippen LogP contribution in [0.5, 0.6) is 0 Å². The summed E-state index contributed by atoms with van der Waals surface area (Å²) in [6.45, 7) is 4.50. The second kappa shape index (κ2) is 11.9. The molecular formula is C20H32N4O3. The second-order valence-electron chi connectivity index (χ2n) is 7.08. The third kappa shape index (κ3) is 10.2. The molecule has 0 aliphatic carbocycles. The lowest BCUT2D eigenvalue weighted by molar-refractivity contribution is -0.122. The number of carbonyl (C=O) groups is 3. The van der Waals surface area contributed by atoms with Gasteiger partial charge < -0.3 is 21.7 Å². The number of primary amides is 1. The number of hydrogen-bond acceptors (Lipinski definition) is 3. The fourth-order valence-electron chi connectivity index (χ4n) is 2.74. The number of unbranched alkanes of at least 4 members (excludes halogenated alkanes) is 3. The molecule has 4 amide bonds. The number of nitrogens with one attached hydrogen (secondary N) is 3. The highest BCUT2D eigenvalue weighted by atomic mass is 16.2. The van der Waals surface area contributed by atoms with E-state index < -0.39 is 11.4 Å². The Morgan fingerprint density at radius 3 is 2.37 bits per heavy atom. The predicted octanol–water partition coefficient (Wildman–Crippen LogP) is 1.86. The highest BCUT2D eigenvalue weighted by molar-refractivity contribution is 5.80. The fraction of sp³-hybridized carbons (Fsp3) is 0.550. The predicted molar refractivity (Wildman–Crippen MR) is 106 cm³/mol. The summed E-state index contributed by atoms with van der Waals surface area (Å²) in [7, 11) is 0. The molecule has 0 aliphatic rings. The molecule has 1 aromatic rings. The molecule has 0 saturated carbocycles. The molecule has 0 heterocycles. The number of carbonyl (C=O) groups excluding carboxylic acids is 3. The summed E-state index contributed by atoms with van der Waals surface area (Å²) in [5.41, 5.74) is 5.26. The van der Waals surface area contributed by atoms with Crippen molar-refractivity contribution >= 4 is 17.8 Å². The number of amides is 4. The van der Waals surface area contributed by atoms with Crippen LogP contribution in [0.2, 0.25) is 0 Å². The van der Waals surface area contributed by atoms with E-state index in [1.807, 2.05) is 30.3 Å². The maximum atomic E-state index is 12.1. The maximum Gasteiger partial charge on any atom is 0.315 e. The van der Waals surface area contributed by atoms with Gasteiger partial charge in [-0.05, 0) is 18.9 Å². The van der Waals surface area contributed by atoms with Gasteiger partial charge in [-0.1, -0.05) is 56.5 Å². The van der Waals surface area contributed by atoms with Crippen LogP contribution in [-0.4, -0.2) is 36.5 Å². The van der Waals surface area contributed by atoms with E-state index in [-0.39, 0.29) is 31.3 Å². The van der Waals surface area contributed by atoms with Crippen molar-refractivity contribution in [3.05, 3.63) is 35.9 Å². The fourth-order valence-corrected chi connectivity index (χ4v) is 2.74. The summed E-state index contributed by atoms with van der Waals surface area (Å²) in [5, 5.41) is 8.33.